The molecule has 1 atom stereocenters. The van der Waals surface area contributed by atoms with Crippen molar-refractivity contribution in [3.05, 3.63) is 29.8 Å². The predicted molar refractivity (Wildman–Crippen MR) is 197 cm³/mol. The van der Waals surface area contributed by atoms with E-state index in [1.54, 1.807) is 12.1 Å². The summed E-state index contributed by atoms with van der Waals surface area (Å²) < 4.78 is 27.2. The van der Waals surface area contributed by atoms with Gasteiger partial charge in [0, 0.05) is 39.0 Å². The molecule has 0 heterocycles. The van der Waals surface area contributed by atoms with Crippen molar-refractivity contribution >= 4 is 29.7 Å². The van der Waals surface area contributed by atoms with E-state index in [0.29, 0.717) is 84.6 Å². The highest BCUT2D eigenvalue weighted by Crippen LogP contribution is 2.14. The van der Waals surface area contributed by atoms with Gasteiger partial charge in [-0.1, -0.05) is 39.0 Å². The summed E-state index contributed by atoms with van der Waals surface area (Å²) >= 11 is 0. The van der Waals surface area contributed by atoms with Crippen LogP contribution in [0.25, 0.3) is 0 Å². The molecule has 0 saturated carbocycles. The molecule has 0 bridgehead atoms. The summed E-state index contributed by atoms with van der Waals surface area (Å²) in [6.45, 7) is 6.23. The molecule has 302 valence electrons. The van der Waals surface area contributed by atoms with E-state index in [0.717, 1.165) is 51.4 Å². The molecule has 0 fully saturated rings. The number of carboxylic acids is 2. The Morgan fingerprint density at radius 2 is 1.11 bits per heavy atom. The summed E-state index contributed by atoms with van der Waals surface area (Å²) in [6, 6.07) is 5.59. The summed E-state index contributed by atoms with van der Waals surface area (Å²) in [4.78, 5) is 57.8. The van der Waals surface area contributed by atoms with Crippen LogP contribution in [0.1, 0.15) is 87.9 Å². The number of amides is 3. The van der Waals surface area contributed by atoms with Gasteiger partial charge in [-0.15, -0.1) is 0 Å². The smallest absolute Gasteiger partial charge is 0.335 e. The van der Waals surface area contributed by atoms with Gasteiger partial charge in [0.25, 0.3) is 0 Å². The maximum Gasteiger partial charge on any atom is 0.335 e. The Bertz CT molecular complexity index is 1140. The molecule has 0 aliphatic heterocycles. The summed E-state index contributed by atoms with van der Waals surface area (Å²) in [5.74, 6) is -1.71. The molecule has 53 heavy (non-hydrogen) atoms. The van der Waals surface area contributed by atoms with E-state index >= 15 is 0 Å². The summed E-state index contributed by atoms with van der Waals surface area (Å²) in [7, 11) is 0. The fraction of sp³-hybridized carbons (Fsp3) is 0.703. The zero-order chi connectivity index (χ0) is 38.8. The summed E-state index contributed by atoms with van der Waals surface area (Å²) in [5.41, 5.74) is 0.242. The molecule has 0 aromatic heterocycles. The number of ether oxygens (including phenoxy) is 5. The molecule has 6 N–H and O–H groups in total. The lowest BCUT2D eigenvalue weighted by Gasteiger charge is -2.14. The maximum atomic E-state index is 12.0. The van der Waals surface area contributed by atoms with Gasteiger partial charge >= 0.3 is 11.9 Å². The normalized spacial score (nSPS) is 11.5. The number of rotatable bonds is 36. The average molecular weight is 755 g/mol. The lowest BCUT2D eigenvalue weighted by atomic mass is 10.1. The molecule has 16 heteroatoms. The van der Waals surface area contributed by atoms with Gasteiger partial charge in [-0.25, -0.2) is 4.79 Å². The summed E-state index contributed by atoms with van der Waals surface area (Å²) in [6.07, 6.45) is 8.81. The van der Waals surface area contributed by atoms with E-state index in [4.69, 9.17) is 28.8 Å². The minimum atomic E-state index is -1.01. The molecule has 1 aromatic rings. The van der Waals surface area contributed by atoms with E-state index in [1.807, 2.05) is 6.92 Å². The number of carbonyl (C=O) groups is 5. The number of aliphatic carboxylic acids is 1. The molecule has 16 nitrogen and oxygen atoms in total. The first kappa shape index (κ1) is 47.2. The minimum Gasteiger partial charge on any atom is -0.494 e. The van der Waals surface area contributed by atoms with Gasteiger partial charge in [-0.05, 0) is 49.9 Å². The number of benzene rings is 1. The monoisotopic (exact) mass is 754 g/mol. The van der Waals surface area contributed by atoms with E-state index in [9.17, 15) is 29.1 Å². The second kappa shape index (κ2) is 32.8. The number of hydrogen-bond donors (Lipinski definition) is 6. The quantitative estimate of drug-likeness (QED) is 0.0544. The van der Waals surface area contributed by atoms with Crippen LogP contribution in [0, 0.1) is 0 Å². The molecule has 0 unspecified atom stereocenters. The van der Waals surface area contributed by atoms with Crippen molar-refractivity contribution in [1.82, 2.24) is 21.3 Å². The zero-order valence-corrected chi connectivity index (χ0v) is 31.3. The highest BCUT2D eigenvalue weighted by atomic mass is 16.5. The zero-order valence-electron chi connectivity index (χ0n) is 31.3. The van der Waals surface area contributed by atoms with Crippen LogP contribution in [0.5, 0.6) is 5.75 Å². The first-order valence-corrected chi connectivity index (χ1v) is 18.8. The van der Waals surface area contributed by atoms with Crippen molar-refractivity contribution in [1.29, 1.82) is 0 Å². The van der Waals surface area contributed by atoms with Gasteiger partial charge < -0.3 is 55.2 Å². The van der Waals surface area contributed by atoms with Gasteiger partial charge in [0.05, 0.1) is 58.4 Å². The topological polar surface area (TPSA) is 220 Å². The van der Waals surface area contributed by atoms with Crippen LogP contribution in [-0.2, 0) is 38.1 Å². The molecule has 1 aromatic carbocycles. The van der Waals surface area contributed by atoms with Gasteiger partial charge in [-0.2, -0.15) is 0 Å². The molecular weight excluding hydrogens is 692 g/mol. The molecule has 0 aliphatic carbocycles. The fourth-order valence-electron chi connectivity index (χ4n) is 4.77. The summed E-state index contributed by atoms with van der Waals surface area (Å²) in [5, 5.41) is 29.4. The van der Waals surface area contributed by atoms with E-state index in [2.05, 4.69) is 21.3 Å². The third-order valence-electron chi connectivity index (χ3n) is 7.70. The molecule has 0 spiro atoms. The maximum absolute atomic E-state index is 12.0. The first-order valence-electron chi connectivity index (χ1n) is 18.8. The van der Waals surface area contributed by atoms with Crippen LogP contribution in [-0.4, -0.2) is 132 Å². The second-order valence-electron chi connectivity index (χ2n) is 12.2. The molecule has 0 aliphatic rings. The van der Waals surface area contributed by atoms with Gasteiger partial charge in [0.1, 0.15) is 18.4 Å². The van der Waals surface area contributed by atoms with Crippen molar-refractivity contribution in [2.75, 3.05) is 85.6 Å². The van der Waals surface area contributed by atoms with Gasteiger partial charge in [-0.3, -0.25) is 19.2 Å². The Morgan fingerprint density at radius 1 is 0.585 bits per heavy atom. The lowest BCUT2D eigenvalue weighted by Crippen LogP contribution is -2.39. The van der Waals surface area contributed by atoms with Crippen molar-refractivity contribution < 1.29 is 57.9 Å². The number of hydrogen-bond acceptors (Lipinski definition) is 11. The number of carbonyl (C=O) groups excluding carboxylic acids is 3. The molecule has 0 radical (unpaired) electrons. The average Bonchev–Trinajstić information content (AvgIpc) is 3.14. The van der Waals surface area contributed by atoms with E-state index < -0.39 is 18.0 Å². The van der Waals surface area contributed by atoms with Crippen molar-refractivity contribution in [3.63, 3.8) is 0 Å². The Hall–Kier alpha value is -3.83. The Kier molecular flexibility index (Phi) is 29.2. The largest absolute Gasteiger partial charge is 0.494 e. The molecule has 1 rings (SSSR count). The SMILES string of the molecule is CCCNC(=O)CC[C@H](NCCOCCOCCNC(=O)COCCOCCNC(=O)CCCCCCCCCOc1ccc(C(=O)O)cc1)C(=O)O. The Morgan fingerprint density at radius 3 is 1.72 bits per heavy atom. The highest BCUT2D eigenvalue weighted by molar-refractivity contribution is 5.87. The van der Waals surface area contributed by atoms with Gasteiger partial charge in [0.15, 0.2) is 0 Å². The second-order valence-corrected chi connectivity index (χ2v) is 12.2. The molecule has 0 saturated heterocycles. The lowest BCUT2D eigenvalue weighted by molar-refractivity contribution is -0.139. The van der Waals surface area contributed by atoms with Crippen LogP contribution in [0.3, 0.4) is 0 Å². The number of carboxylic acid groups (broad SMARTS) is 2. The van der Waals surface area contributed by atoms with Crippen LogP contribution in [0.2, 0.25) is 0 Å². The van der Waals surface area contributed by atoms with E-state index in [-0.39, 0.29) is 49.3 Å². The number of aromatic carboxylic acids is 1. The Labute approximate surface area is 313 Å². The van der Waals surface area contributed by atoms with Gasteiger partial charge in [0.2, 0.25) is 17.7 Å². The number of nitrogens with one attached hydrogen (secondary N) is 4. The minimum absolute atomic E-state index is 0.00682. The first-order chi connectivity index (χ1) is 25.7. The third-order valence-corrected chi connectivity index (χ3v) is 7.70. The molecular formula is C37H62N4O12. The van der Waals surface area contributed by atoms with E-state index in [1.165, 1.54) is 12.1 Å². The van der Waals surface area contributed by atoms with Crippen LogP contribution >= 0.6 is 0 Å². The van der Waals surface area contributed by atoms with Crippen molar-refractivity contribution in [2.24, 2.45) is 0 Å². The van der Waals surface area contributed by atoms with Crippen molar-refractivity contribution in [3.8, 4) is 5.75 Å². The van der Waals surface area contributed by atoms with Crippen LogP contribution < -0.4 is 26.0 Å². The van der Waals surface area contributed by atoms with Crippen molar-refractivity contribution in [2.45, 2.75) is 83.6 Å². The Balaban J connectivity index is 1.82. The molecule has 3 amide bonds. The van der Waals surface area contributed by atoms with Crippen LogP contribution in [0.15, 0.2) is 24.3 Å². The fourth-order valence-corrected chi connectivity index (χ4v) is 4.77. The number of unbranched alkanes of at least 4 members (excludes halogenated alkanes) is 6. The standard InChI is InChI=1S/C37H62N4O12/c1-2-17-39-34(43)16-15-32(37(47)48)38-18-22-49-25-26-50-24-20-41-35(44)29-52-28-27-51-23-19-40-33(42)10-8-6-4-3-5-7-9-21-53-31-13-11-30(12-14-31)36(45)46/h11-14,32,38H,2-10,15-29H2,1H3,(H,39,43)(H,40,42)(H,41,44)(H,45,46)(H,47,48)/t32-/m0/s1. The van der Waals surface area contributed by atoms with Crippen LogP contribution in [0.4, 0.5) is 0 Å². The highest BCUT2D eigenvalue weighted by Gasteiger charge is 2.17. The third kappa shape index (κ3) is 28.4. The predicted octanol–water partition coefficient (Wildman–Crippen LogP) is 2.53.